The standard InChI is InChI=1S/C27H48N6O8/c1-25(2,3)39-22(36)30-18(20(35)32-15-12-17(13-16-32)19(28)34)11-10-14-33(24(38)41-27(7,8)9)21(29)31-23(37)40-26(4,5)6/h17-18H,10-16H2,1-9H3,(H2,28,34)(H,30,36)(H2,29,31,37). The molecule has 41 heavy (non-hydrogen) atoms. The Morgan fingerprint density at radius 2 is 1.39 bits per heavy atom. The van der Waals surface area contributed by atoms with Crippen LogP contribution in [0, 0.1) is 5.92 Å². The number of guanidine groups is 1. The van der Waals surface area contributed by atoms with E-state index in [1.807, 2.05) is 0 Å². The van der Waals surface area contributed by atoms with E-state index in [9.17, 15) is 24.0 Å². The third-order valence-corrected chi connectivity index (χ3v) is 5.56. The summed E-state index contributed by atoms with van der Waals surface area (Å²) in [5.74, 6) is -1.53. The molecule has 1 heterocycles. The number of ether oxygens (including phenoxy) is 3. The second-order valence-electron chi connectivity index (χ2n) is 12.9. The van der Waals surface area contributed by atoms with E-state index < -0.39 is 53.0 Å². The number of hydrogen-bond donors (Lipinski definition) is 3. The van der Waals surface area contributed by atoms with Gasteiger partial charge in [0.05, 0.1) is 0 Å². The molecule has 1 atom stereocenters. The van der Waals surface area contributed by atoms with Crippen LogP contribution in [0.15, 0.2) is 4.99 Å². The van der Waals surface area contributed by atoms with Crippen LogP contribution in [0.25, 0.3) is 0 Å². The molecule has 0 aromatic heterocycles. The number of carbonyl (C=O) groups excluding carboxylic acids is 5. The topological polar surface area (TPSA) is 196 Å². The normalized spacial score (nSPS) is 15.9. The van der Waals surface area contributed by atoms with Gasteiger partial charge in [0.1, 0.15) is 22.8 Å². The van der Waals surface area contributed by atoms with Gasteiger partial charge in [0, 0.05) is 25.6 Å². The first-order valence-electron chi connectivity index (χ1n) is 13.7. The van der Waals surface area contributed by atoms with E-state index >= 15 is 0 Å². The van der Waals surface area contributed by atoms with Gasteiger partial charge in [-0.2, -0.15) is 0 Å². The van der Waals surface area contributed by atoms with Gasteiger partial charge < -0.3 is 35.9 Å². The van der Waals surface area contributed by atoms with Gasteiger partial charge in [0.25, 0.3) is 0 Å². The van der Waals surface area contributed by atoms with Gasteiger partial charge in [-0.3, -0.25) is 9.59 Å². The fraction of sp³-hybridized carbons (Fsp3) is 0.778. The molecule has 1 aliphatic heterocycles. The minimum atomic E-state index is -1.00. The number of nitrogens with zero attached hydrogens (tertiary/aromatic N) is 3. The maximum Gasteiger partial charge on any atom is 0.437 e. The van der Waals surface area contributed by atoms with Crippen molar-refractivity contribution in [3.63, 3.8) is 0 Å². The lowest BCUT2D eigenvalue weighted by Gasteiger charge is -2.34. The van der Waals surface area contributed by atoms with Gasteiger partial charge in [0.15, 0.2) is 0 Å². The van der Waals surface area contributed by atoms with Crippen LogP contribution < -0.4 is 16.8 Å². The number of piperidine rings is 1. The Balaban J connectivity index is 3.10. The van der Waals surface area contributed by atoms with Crippen molar-refractivity contribution < 1.29 is 38.2 Å². The van der Waals surface area contributed by atoms with Crippen LogP contribution in [0.3, 0.4) is 0 Å². The fourth-order valence-electron chi connectivity index (χ4n) is 3.82. The molecular formula is C27H48N6O8. The van der Waals surface area contributed by atoms with Crippen LogP contribution in [-0.4, -0.2) is 88.3 Å². The van der Waals surface area contributed by atoms with Crippen molar-refractivity contribution in [3.05, 3.63) is 0 Å². The summed E-state index contributed by atoms with van der Waals surface area (Å²) in [5.41, 5.74) is 8.93. The molecule has 0 saturated carbocycles. The number of likely N-dealkylation sites (tertiary alicyclic amines) is 1. The summed E-state index contributed by atoms with van der Waals surface area (Å²) in [6.45, 7) is 15.6. The van der Waals surface area contributed by atoms with E-state index in [0.29, 0.717) is 25.9 Å². The Kier molecular flexibility index (Phi) is 12.4. The summed E-state index contributed by atoms with van der Waals surface area (Å²) < 4.78 is 15.9. The summed E-state index contributed by atoms with van der Waals surface area (Å²) >= 11 is 0. The second-order valence-corrected chi connectivity index (χ2v) is 12.9. The number of nitrogens with two attached hydrogens (primary N) is 2. The Morgan fingerprint density at radius 1 is 0.878 bits per heavy atom. The van der Waals surface area contributed by atoms with E-state index in [-0.39, 0.29) is 31.2 Å². The van der Waals surface area contributed by atoms with Crippen LogP contribution in [0.1, 0.15) is 88.0 Å². The molecule has 1 saturated heterocycles. The quantitative estimate of drug-likeness (QED) is 0.229. The summed E-state index contributed by atoms with van der Waals surface area (Å²) in [7, 11) is 0. The fourth-order valence-corrected chi connectivity index (χ4v) is 3.82. The molecule has 0 aromatic rings. The van der Waals surface area contributed by atoms with Crippen molar-refractivity contribution >= 4 is 36.1 Å². The predicted octanol–water partition coefficient (Wildman–Crippen LogP) is 2.87. The first-order chi connectivity index (χ1) is 18.6. The van der Waals surface area contributed by atoms with Crippen molar-refractivity contribution in [3.8, 4) is 0 Å². The first kappa shape index (κ1) is 35.4. The SMILES string of the molecule is CC(C)(C)OC(=O)/N=C(\N)N(CCCC(NC(=O)OC(C)(C)C)C(=O)N1CCC(C(N)=O)CC1)C(=O)OC(C)(C)C. The molecule has 1 aliphatic rings. The number of alkyl carbamates (subject to hydrolysis) is 1. The van der Waals surface area contributed by atoms with Crippen LogP contribution >= 0.6 is 0 Å². The van der Waals surface area contributed by atoms with E-state index in [2.05, 4.69) is 10.3 Å². The molecule has 1 unspecified atom stereocenters. The molecule has 5 N–H and O–H groups in total. The van der Waals surface area contributed by atoms with Gasteiger partial charge in [0.2, 0.25) is 17.8 Å². The van der Waals surface area contributed by atoms with E-state index in [4.69, 9.17) is 25.7 Å². The number of rotatable bonds is 7. The zero-order valence-electron chi connectivity index (χ0n) is 25.9. The Hall–Kier alpha value is -3.58. The van der Waals surface area contributed by atoms with E-state index in [1.54, 1.807) is 67.2 Å². The number of amides is 5. The molecule has 0 spiro atoms. The highest BCUT2D eigenvalue weighted by molar-refractivity contribution is 5.98. The van der Waals surface area contributed by atoms with Gasteiger partial charge in [-0.1, -0.05) is 0 Å². The Morgan fingerprint density at radius 3 is 1.85 bits per heavy atom. The zero-order chi connectivity index (χ0) is 31.8. The van der Waals surface area contributed by atoms with Crippen molar-refractivity contribution in [2.24, 2.45) is 22.4 Å². The first-order valence-corrected chi connectivity index (χ1v) is 13.7. The molecule has 5 amide bonds. The molecule has 0 aliphatic carbocycles. The summed E-state index contributed by atoms with van der Waals surface area (Å²) in [6, 6.07) is -1.00. The molecule has 1 rings (SSSR count). The summed E-state index contributed by atoms with van der Waals surface area (Å²) in [4.78, 5) is 68.9. The highest BCUT2D eigenvalue weighted by Crippen LogP contribution is 2.19. The number of primary amides is 1. The smallest absolute Gasteiger partial charge is 0.437 e. The predicted molar refractivity (Wildman–Crippen MR) is 152 cm³/mol. The van der Waals surface area contributed by atoms with Crippen molar-refractivity contribution in [1.29, 1.82) is 0 Å². The molecule has 14 nitrogen and oxygen atoms in total. The third kappa shape index (κ3) is 14.0. The van der Waals surface area contributed by atoms with Gasteiger partial charge >= 0.3 is 18.3 Å². The number of hydrogen-bond acceptors (Lipinski definition) is 8. The largest absolute Gasteiger partial charge is 0.444 e. The maximum absolute atomic E-state index is 13.4. The maximum atomic E-state index is 13.4. The highest BCUT2D eigenvalue weighted by Gasteiger charge is 2.33. The molecule has 0 bridgehead atoms. The van der Waals surface area contributed by atoms with Crippen LogP contribution in [0.5, 0.6) is 0 Å². The molecular weight excluding hydrogens is 536 g/mol. The lowest BCUT2D eigenvalue weighted by Crippen LogP contribution is -2.52. The van der Waals surface area contributed by atoms with Crippen LogP contribution in [0.4, 0.5) is 14.4 Å². The lowest BCUT2D eigenvalue weighted by atomic mass is 9.95. The van der Waals surface area contributed by atoms with E-state index in [0.717, 1.165) is 4.90 Å². The Bertz CT molecular complexity index is 985. The van der Waals surface area contributed by atoms with Crippen LogP contribution in [0.2, 0.25) is 0 Å². The highest BCUT2D eigenvalue weighted by atomic mass is 16.6. The van der Waals surface area contributed by atoms with Crippen LogP contribution in [-0.2, 0) is 23.8 Å². The Labute approximate surface area is 242 Å². The zero-order valence-corrected chi connectivity index (χ0v) is 25.9. The number of nitrogens with one attached hydrogen (secondary N) is 1. The molecule has 1 fully saturated rings. The minimum absolute atomic E-state index is 0.0867. The molecule has 14 heteroatoms. The van der Waals surface area contributed by atoms with Gasteiger partial charge in [-0.15, -0.1) is 4.99 Å². The minimum Gasteiger partial charge on any atom is -0.444 e. The third-order valence-electron chi connectivity index (χ3n) is 5.56. The molecule has 0 radical (unpaired) electrons. The number of aliphatic imine (C=N–C) groups is 1. The van der Waals surface area contributed by atoms with E-state index in [1.165, 1.54) is 0 Å². The molecule has 0 aromatic carbocycles. The van der Waals surface area contributed by atoms with Crippen molar-refractivity contribution in [1.82, 2.24) is 15.1 Å². The van der Waals surface area contributed by atoms with Crippen molar-refractivity contribution in [2.75, 3.05) is 19.6 Å². The summed E-state index contributed by atoms with van der Waals surface area (Å²) in [6.07, 6.45) is -1.52. The van der Waals surface area contributed by atoms with Crippen molar-refractivity contribution in [2.45, 2.75) is 111 Å². The van der Waals surface area contributed by atoms with Gasteiger partial charge in [-0.25, -0.2) is 19.3 Å². The average Bonchev–Trinajstić information content (AvgIpc) is 2.76. The monoisotopic (exact) mass is 584 g/mol. The second kappa shape index (κ2) is 14.4. The number of carbonyl (C=O) groups is 5. The van der Waals surface area contributed by atoms with Gasteiger partial charge in [-0.05, 0) is 88.0 Å². The molecule has 234 valence electrons. The summed E-state index contributed by atoms with van der Waals surface area (Å²) in [5, 5.41) is 2.62. The average molecular weight is 585 g/mol. The lowest BCUT2D eigenvalue weighted by molar-refractivity contribution is -0.137.